The molecule has 0 aromatic heterocycles. The molecule has 27 heavy (non-hydrogen) atoms. The fourth-order valence-electron chi connectivity index (χ4n) is 2.52. The van der Waals surface area contributed by atoms with E-state index in [1.165, 1.54) is 13.2 Å². The number of amides is 1. The van der Waals surface area contributed by atoms with Gasteiger partial charge in [-0.15, -0.1) is 0 Å². The molecule has 1 N–H and O–H groups in total. The zero-order chi connectivity index (χ0) is 19.6. The van der Waals surface area contributed by atoms with Gasteiger partial charge in [0.25, 0.3) is 0 Å². The summed E-state index contributed by atoms with van der Waals surface area (Å²) in [6.45, 7) is 2.45. The highest BCUT2D eigenvalue weighted by molar-refractivity contribution is 9.10. The second kappa shape index (κ2) is 10.5. The van der Waals surface area contributed by atoms with E-state index in [9.17, 15) is 9.59 Å². The van der Waals surface area contributed by atoms with Crippen LogP contribution in [0.4, 0.5) is 0 Å². The lowest BCUT2D eigenvalue weighted by atomic mass is 10.0. The Hall–Kier alpha value is -2.60. The minimum Gasteiger partial charge on any atom is -0.493 e. The molecule has 2 aromatic rings. The molecule has 0 fully saturated rings. The molecular weight excluding hydrogens is 410 g/mol. The van der Waals surface area contributed by atoms with Crippen LogP contribution in [0.1, 0.15) is 30.5 Å². The van der Waals surface area contributed by atoms with E-state index in [2.05, 4.69) is 21.2 Å². The molecule has 0 aliphatic heterocycles. The lowest BCUT2D eigenvalue weighted by Crippen LogP contribution is -2.29. The molecule has 0 spiro atoms. The van der Waals surface area contributed by atoms with Crippen LogP contribution in [-0.2, 0) is 14.3 Å². The number of esters is 1. The molecular formula is C21H22BrNO4. The molecule has 0 bridgehead atoms. The number of halogens is 1. The Morgan fingerprint density at radius 1 is 1.19 bits per heavy atom. The number of carbonyl (C=O) groups excluding carboxylic acids is 2. The number of benzene rings is 2. The lowest BCUT2D eigenvalue weighted by molar-refractivity contribution is -0.141. The maximum Gasteiger partial charge on any atom is 0.307 e. The summed E-state index contributed by atoms with van der Waals surface area (Å²) in [4.78, 5) is 24.2. The summed E-state index contributed by atoms with van der Waals surface area (Å²) in [6, 6.07) is 14.4. The van der Waals surface area contributed by atoms with Gasteiger partial charge in [-0.2, -0.15) is 0 Å². The molecule has 0 saturated heterocycles. The van der Waals surface area contributed by atoms with Crippen LogP contribution in [0.5, 0.6) is 5.75 Å². The molecule has 2 aromatic carbocycles. The molecule has 1 atom stereocenters. The Bertz CT molecular complexity index is 819. The van der Waals surface area contributed by atoms with Crippen molar-refractivity contribution in [1.82, 2.24) is 5.32 Å². The Morgan fingerprint density at radius 3 is 2.67 bits per heavy atom. The van der Waals surface area contributed by atoms with Crippen molar-refractivity contribution in [2.45, 2.75) is 19.4 Å². The van der Waals surface area contributed by atoms with Crippen molar-refractivity contribution in [3.8, 4) is 5.75 Å². The minimum absolute atomic E-state index is 0.0437. The average molecular weight is 432 g/mol. The van der Waals surface area contributed by atoms with Crippen molar-refractivity contribution < 1.29 is 19.1 Å². The second-order valence-electron chi connectivity index (χ2n) is 5.70. The van der Waals surface area contributed by atoms with Crippen LogP contribution in [0, 0.1) is 0 Å². The highest BCUT2D eigenvalue weighted by Gasteiger charge is 2.18. The van der Waals surface area contributed by atoms with Crippen molar-refractivity contribution in [2.24, 2.45) is 0 Å². The van der Waals surface area contributed by atoms with E-state index in [1.54, 1.807) is 6.08 Å². The molecule has 142 valence electrons. The number of nitrogens with one attached hydrogen (secondary N) is 1. The predicted octanol–water partition coefficient (Wildman–Crippen LogP) is 4.28. The van der Waals surface area contributed by atoms with Gasteiger partial charge in [0.15, 0.2) is 0 Å². The molecule has 2 rings (SSSR count). The highest BCUT2D eigenvalue weighted by atomic mass is 79.9. The van der Waals surface area contributed by atoms with E-state index in [0.717, 1.165) is 15.6 Å². The summed E-state index contributed by atoms with van der Waals surface area (Å²) < 4.78 is 11.2. The van der Waals surface area contributed by atoms with E-state index in [1.807, 2.05) is 55.5 Å². The highest BCUT2D eigenvalue weighted by Crippen LogP contribution is 2.22. The topological polar surface area (TPSA) is 64.6 Å². The SMILES string of the molecule is CCOc1ccccc1C=CC(=O)NC(CC(=O)OC)c1cccc(Br)c1. The molecule has 6 heteroatoms. The zero-order valence-electron chi connectivity index (χ0n) is 15.3. The number of carbonyl (C=O) groups is 2. The van der Waals surface area contributed by atoms with Gasteiger partial charge in [-0.05, 0) is 36.8 Å². The van der Waals surface area contributed by atoms with Crippen molar-refractivity contribution >= 4 is 33.9 Å². The standard InChI is InChI=1S/C21H22BrNO4/c1-3-27-19-10-5-4-7-15(19)11-12-20(24)23-18(14-21(25)26-2)16-8-6-9-17(22)13-16/h4-13,18H,3,14H2,1-2H3,(H,23,24). The van der Waals surface area contributed by atoms with Crippen LogP contribution in [0.2, 0.25) is 0 Å². The maximum atomic E-state index is 12.4. The van der Waals surface area contributed by atoms with Gasteiger partial charge in [0.2, 0.25) is 5.91 Å². The average Bonchev–Trinajstić information content (AvgIpc) is 2.67. The second-order valence-corrected chi connectivity index (χ2v) is 6.62. The third kappa shape index (κ3) is 6.57. The normalized spacial score (nSPS) is 11.8. The largest absolute Gasteiger partial charge is 0.493 e. The monoisotopic (exact) mass is 431 g/mol. The van der Waals surface area contributed by atoms with Gasteiger partial charge in [-0.1, -0.05) is 46.3 Å². The first-order valence-electron chi connectivity index (χ1n) is 8.56. The van der Waals surface area contributed by atoms with Crippen LogP contribution in [-0.4, -0.2) is 25.6 Å². The fraction of sp³-hybridized carbons (Fsp3) is 0.238. The summed E-state index contributed by atoms with van der Waals surface area (Å²) in [7, 11) is 1.33. The van der Waals surface area contributed by atoms with Crippen molar-refractivity contribution in [2.75, 3.05) is 13.7 Å². The van der Waals surface area contributed by atoms with E-state index in [0.29, 0.717) is 12.4 Å². The summed E-state index contributed by atoms with van der Waals surface area (Å²) in [5, 5.41) is 2.86. The number of para-hydroxylation sites is 1. The summed E-state index contributed by atoms with van der Waals surface area (Å²) in [6.07, 6.45) is 3.17. The summed E-state index contributed by atoms with van der Waals surface area (Å²) >= 11 is 3.41. The van der Waals surface area contributed by atoms with E-state index in [4.69, 9.17) is 9.47 Å². The van der Waals surface area contributed by atoms with Crippen molar-refractivity contribution in [3.05, 3.63) is 70.2 Å². The Labute approximate surface area is 167 Å². The first-order chi connectivity index (χ1) is 13.0. The molecule has 0 aliphatic carbocycles. The quantitative estimate of drug-likeness (QED) is 0.500. The van der Waals surface area contributed by atoms with Gasteiger partial charge in [0.05, 0.1) is 26.2 Å². The van der Waals surface area contributed by atoms with Crippen molar-refractivity contribution in [3.63, 3.8) is 0 Å². The first kappa shape index (κ1) is 20.7. The summed E-state index contributed by atoms with van der Waals surface area (Å²) in [5.74, 6) is 0.00303. The number of rotatable bonds is 8. The van der Waals surface area contributed by atoms with Gasteiger partial charge in [0.1, 0.15) is 5.75 Å². The summed E-state index contributed by atoms with van der Waals surface area (Å²) in [5.41, 5.74) is 1.62. The van der Waals surface area contributed by atoms with E-state index < -0.39 is 12.0 Å². The first-order valence-corrected chi connectivity index (χ1v) is 9.35. The maximum absolute atomic E-state index is 12.4. The van der Waals surface area contributed by atoms with Gasteiger partial charge in [-0.25, -0.2) is 0 Å². The predicted molar refractivity (Wildman–Crippen MR) is 108 cm³/mol. The van der Waals surface area contributed by atoms with Gasteiger partial charge >= 0.3 is 5.97 Å². The Morgan fingerprint density at radius 2 is 1.96 bits per heavy atom. The number of hydrogen-bond donors (Lipinski definition) is 1. The van der Waals surface area contributed by atoms with Crippen LogP contribution >= 0.6 is 15.9 Å². The fourth-order valence-corrected chi connectivity index (χ4v) is 2.93. The molecule has 1 unspecified atom stereocenters. The molecule has 5 nitrogen and oxygen atoms in total. The van der Waals surface area contributed by atoms with Crippen molar-refractivity contribution in [1.29, 1.82) is 0 Å². The lowest BCUT2D eigenvalue weighted by Gasteiger charge is -2.17. The van der Waals surface area contributed by atoms with E-state index in [-0.39, 0.29) is 12.3 Å². The molecule has 0 radical (unpaired) electrons. The van der Waals surface area contributed by atoms with Gasteiger partial charge in [0, 0.05) is 16.1 Å². The Kier molecular flexibility index (Phi) is 8.07. The zero-order valence-corrected chi connectivity index (χ0v) is 16.9. The Balaban J connectivity index is 2.14. The molecule has 0 heterocycles. The van der Waals surface area contributed by atoms with Crippen LogP contribution < -0.4 is 10.1 Å². The number of methoxy groups -OCH3 is 1. The third-order valence-corrected chi connectivity index (χ3v) is 4.29. The van der Waals surface area contributed by atoms with Crippen LogP contribution in [0.25, 0.3) is 6.08 Å². The molecule has 0 saturated carbocycles. The van der Waals surface area contributed by atoms with Crippen LogP contribution in [0.15, 0.2) is 59.1 Å². The third-order valence-electron chi connectivity index (χ3n) is 3.80. The molecule has 1 amide bonds. The number of hydrogen-bond acceptors (Lipinski definition) is 4. The molecule has 0 aliphatic rings. The minimum atomic E-state index is -0.491. The van der Waals surface area contributed by atoms with Gasteiger partial charge in [-0.3, -0.25) is 9.59 Å². The van der Waals surface area contributed by atoms with Crippen LogP contribution in [0.3, 0.4) is 0 Å². The van der Waals surface area contributed by atoms with Gasteiger partial charge < -0.3 is 14.8 Å². The smallest absolute Gasteiger partial charge is 0.307 e. The van der Waals surface area contributed by atoms with E-state index >= 15 is 0 Å². The number of ether oxygens (including phenoxy) is 2.